The molecule has 0 bridgehead atoms. The molecule has 0 saturated carbocycles. The third kappa shape index (κ3) is 5.81. The molecule has 0 spiro atoms. The number of aliphatic hydroxyl groups excluding tert-OH is 1. The predicted molar refractivity (Wildman–Crippen MR) is 116 cm³/mol. The minimum Gasteiger partial charge on any atom is -0.479 e. The number of carboxylic acids is 1. The van der Waals surface area contributed by atoms with Crippen LogP contribution in [0.3, 0.4) is 0 Å². The third-order valence-electron chi connectivity index (χ3n) is 6.18. The van der Waals surface area contributed by atoms with Crippen molar-refractivity contribution in [3.63, 3.8) is 0 Å². The van der Waals surface area contributed by atoms with E-state index in [1.807, 2.05) is 34.6 Å². The second-order valence-corrected chi connectivity index (χ2v) is 10.6. The molecule has 2 rings (SSSR count). The van der Waals surface area contributed by atoms with Crippen LogP contribution in [-0.4, -0.2) is 79.1 Å². The average Bonchev–Trinajstić information content (AvgIpc) is 3.13. The van der Waals surface area contributed by atoms with E-state index in [0.717, 1.165) is 12.8 Å². The van der Waals surface area contributed by atoms with Gasteiger partial charge in [-0.2, -0.15) is 0 Å². The lowest BCUT2D eigenvalue weighted by Crippen LogP contribution is -2.62. The van der Waals surface area contributed by atoms with Gasteiger partial charge in [0, 0.05) is 12.1 Å². The monoisotopic (exact) mass is 444 g/mol. The van der Waals surface area contributed by atoms with E-state index < -0.39 is 34.7 Å². The molecule has 31 heavy (non-hydrogen) atoms. The number of carbonyl (C=O) groups is 3. The second-order valence-electron chi connectivity index (χ2n) is 10.6. The number of carboxylic acid groups (broad SMARTS) is 2. The van der Waals surface area contributed by atoms with Crippen molar-refractivity contribution < 1.29 is 34.4 Å². The van der Waals surface area contributed by atoms with E-state index in [9.17, 15) is 19.5 Å². The van der Waals surface area contributed by atoms with Gasteiger partial charge in [0.05, 0.1) is 12.6 Å². The lowest BCUT2D eigenvalue weighted by Gasteiger charge is -2.45. The molecule has 3 N–H and O–H groups in total. The Morgan fingerprint density at radius 2 is 1.52 bits per heavy atom. The van der Waals surface area contributed by atoms with Crippen molar-refractivity contribution in [3.05, 3.63) is 0 Å². The maximum Gasteiger partial charge on any atom is 0.411 e. The van der Waals surface area contributed by atoms with E-state index in [1.54, 1.807) is 20.8 Å². The topological polar surface area (TPSA) is 128 Å². The van der Waals surface area contributed by atoms with E-state index in [4.69, 9.17) is 14.9 Å². The molecule has 9 heteroatoms. The van der Waals surface area contributed by atoms with Crippen LogP contribution in [0.4, 0.5) is 9.59 Å². The molecule has 2 amide bonds. The van der Waals surface area contributed by atoms with Crippen LogP contribution < -0.4 is 0 Å². The molecular weight excluding hydrogens is 404 g/mol. The molecule has 180 valence electrons. The Labute approximate surface area is 185 Å². The van der Waals surface area contributed by atoms with E-state index in [1.165, 1.54) is 9.80 Å². The zero-order chi connectivity index (χ0) is 24.4. The van der Waals surface area contributed by atoms with Crippen LogP contribution in [0.1, 0.15) is 81.1 Å². The number of carbonyl (C=O) groups excluding carboxylic acids is 1. The lowest BCUT2D eigenvalue weighted by atomic mass is 9.72. The van der Waals surface area contributed by atoms with E-state index in [2.05, 4.69) is 0 Å². The Hall–Kier alpha value is -2.03. The van der Waals surface area contributed by atoms with Crippen molar-refractivity contribution in [3.8, 4) is 0 Å². The van der Waals surface area contributed by atoms with Crippen molar-refractivity contribution in [2.24, 2.45) is 5.41 Å². The van der Waals surface area contributed by atoms with Gasteiger partial charge in [-0.3, -0.25) is 4.90 Å². The molecule has 2 fully saturated rings. The van der Waals surface area contributed by atoms with Crippen molar-refractivity contribution in [1.82, 2.24) is 9.80 Å². The predicted octanol–water partition coefficient (Wildman–Crippen LogP) is 3.78. The molecule has 2 saturated heterocycles. The summed E-state index contributed by atoms with van der Waals surface area (Å²) in [4.78, 5) is 37.8. The van der Waals surface area contributed by atoms with Gasteiger partial charge in [0.15, 0.2) is 0 Å². The standard InChI is InChI=1S/C15H27NO4.C7H13NO3/c1-10-8-9-15(11(17)18,13(2,3)4)16(10)12(19)20-14(5,6)7;1-5-2-3-6(4-9)8(5)7(10)11/h10H,8-9H2,1-7H3,(H,17,18);5-6,9H,2-4H2,1H3,(H,10,11)/t10-,15+;5-,6-/m00/s1. The van der Waals surface area contributed by atoms with Crippen LogP contribution in [0.25, 0.3) is 0 Å². The highest BCUT2D eigenvalue weighted by molar-refractivity contribution is 5.86. The molecule has 0 unspecified atom stereocenters. The first-order valence-corrected chi connectivity index (χ1v) is 10.9. The zero-order valence-corrected chi connectivity index (χ0v) is 20.1. The summed E-state index contributed by atoms with van der Waals surface area (Å²) in [6.07, 6.45) is 1.30. The fraction of sp³-hybridized carbons (Fsp3) is 0.864. The minimum absolute atomic E-state index is 0.0589. The van der Waals surface area contributed by atoms with E-state index >= 15 is 0 Å². The maximum atomic E-state index is 12.5. The summed E-state index contributed by atoms with van der Waals surface area (Å²) >= 11 is 0. The van der Waals surface area contributed by atoms with Crippen LogP contribution in [0, 0.1) is 5.41 Å². The quantitative estimate of drug-likeness (QED) is 0.591. The molecule has 0 aliphatic carbocycles. The van der Waals surface area contributed by atoms with Crippen LogP contribution in [0.2, 0.25) is 0 Å². The van der Waals surface area contributed by atoms with Gasteiger partial charge in [-0.1, -0.05) is 20.8 Å². The molecule has 0 aromatic rings. The molecule has 2 heterocycles. The Bertz CT molecular complexity index is 668. The highest BCUT2D eigenvalue weighted by Crippen LogP contribution is 2.47. The first kappa shape index (κ1) is 27.0. The molecule has 0 radical (unpaired) electrons. The number of amides is 2. The number of hydrogen-bond donors (Lipinski definition) is 3. The summed E-state index contributed by atoms with van der Waals surface area (Å²) in [7, 11) is 0. The Balaban J connectivity index is 0.000000367. The first-order chi connectivity index (χ1) is 14.0. The van der Waals surface area contributed by atoms with Gasteiger partial charge in [0.2, 0.25) is 0 Å². The van der Waals surface area contributed by atoms with Gasteiger partial charge >= 0.3 is 18.2 Å². The van der Waals surface area contributed by atoms with E-state index in [-0.39, 0.29) is 24.7 Å². The van der Waals surface area contributed by atoms with Crippen LogP contribution in [0.15, 0.2) is 0 Å². The van der Waals surface area contributed by atoms with Gasteiger partial charge in [-0.05, 0) is 65.7 Å². The first-order valence-electron chi connectivity index (χ1n) is 10.9. The van der Waals surface area contributed by atoms with Crippen LogP contribution in [0.5, 0.6) is 0 Å². The summed E-state index contributed by atoms with van der Waals surface area (Å²) in [5.74, 6) is -0.958. The molecule has 0 aromatic heterocycles. The zero-order valence-electron chi connectivity index (χ0n) is 20.1. The lowest BCUT2D eigenvalue weighted by molar-refractivity contribution is -0.157. The molecule has 4 atom stereocenters. The maximum absolute atomic E-state index is 12.5. The summed E-state index contributed by atoms with van der Waals surface area (Å²) < 4.78 is 5.42. The largest absolute Gasteiger partial charge is 0.479 e. The number of ether oxygens (including phenoxy) is 1. The SMILES string of the molecule is C[C@H]1CC[C@@H](CO)N1C(=O)O.C[C@H]1CC[C@@](C(=O)O)(C(C)(C)C)N1C(=O)OC(C)(C)C. The minimum atomic E-state index is -1.21. The summed E-state index contributed by atoms with van der Waals surface area (Å²) in [5, 5.41) is 27.3. The number of aliphatic hydroxyl groups is 1. The Kier molecular flexibility index (Phi) is 8.39. The third-order valence-corrected chi connectivity index (χ3v) is 6.18. The fourth-order valence-corrected chi connectivity index (χ4v) is 4.55. The summed E-state index contributed by atoms with van der Waals surface area (Å²) in [5.41, 5.74) is -2.42. The summed E-state index contributed by atoms with van der Waals surface area (Å²) in [6, 6.07) is -0.257. The Morgan fingerprint density at radius 3 is 1.87 bits per heavy atom. The molecule has 2 aliphatic rings. The van der Waals surface area contributed by atoms with Crippen molar-refractivity contribution in [2.45, 2.75) is 110 Å². The van der Waals surface area contributed by atoms with Gasteiger partial charge in [-0.25, -0.2) is 14.4 Å². The van der Waals surface area contributed by atoms with Crippen LogP contribution >= 0.6 is 0 Å². The number of nitrogens with zero attached hydrogens (tertiary/aromatic N) is 2. The smallest absolute Gasteiger partial charge is 0.411 e. The van der Waals surface area contributed by atoms with Gasteiger partial charge in [0.25, 0.3) is 0 Å². The average molecular weight is 445 g/mol. The van der Waals surface area contributed by atoms with Crippen LogP contribution in [-0.2, 0) is 9.53 Å². The number of rotatable bonds is 2. The molecular formula is C22H40N2O7. The normalized spacial score (nSPS) is 28.7. The highest BCUT2D eigenvalue weighted by atomic mass is 16.6. The van der Waals surface area contributed by atoms with Gasteiger partial charge < -0.3 is 25.0 Å². The number of likely N-dealkylation sites (tertiary alicyclic amines) is 2. The number of aliphatic carboxylic acids is 1. The molecule has 9 nitrogen and oxygen atoms in total. The molecule has 0 aromatic carbocycles. The van der Waals surface area contributed by atoms with Crippen molar-refractivity contribution in [1.29, 1.82) is 0 Å². The van der Waals surface area contributed by atoms with Crippen molar-refractivity contribution >= 4 is 18.2 Å². The highest BCUT2D eigenvalue weighted by Gasteiger charge is 2.60. The van der Waals surface area contributed by atoms with Crippen molar-refractivity contribution in [2.75, 3.05) is 6.61 Å². The number of hydrogen-bond acceptors (Lipinski definition) is 5. The fourth-order valence-electron chi connectivity index (χ4n) is 4.55. The van der Waals surface area contributed by atoms with Gasteiger partial charge in [-0.15, -0.1) is 0 Å². The summed E-state index contributed by atoms with van der Waals surface area (Å²) in [6.45, 7) is 14.6. The second kappa shape index (κ2) is 9.63. The molecule has 2 aliphatic heterocycles. The Morgan fingerprint density at radius 1 is 0.968 bits per heavy atom. The van der Waals surface area contributed by atoms with E-state index in [0.29, 0.717) is 12.8 Å². The van der Waals surface area contributed by atoms with Gasteiger partial charge in [0.1, 0.15) is 11.1 Å².